The highest BCUT2D eigenvalue weighted by molar-refractivity contribution is 9.93. The van der Waals surface area contributed by atoms with Crippen LogP contribution in [0.4, 0.5) is 0 Å². The maximum Gasteiger partial charge on any atom is 0.124 e. The van der Waals surface area contributed by atoms with E-state index in [4.69, 9.17) is 0 Å². The number of hydrogen-bond acceptors (Lipinski definition) is 0. The standard InChI is InChI=1S/CHBr3.CH3Br.Br2/c2-1(3)4;2*1-2/h1H;1H3;. The Morgan fingerprint density at radius 1 is 0.875 bits per heavy atom. The zero-order chi connectivity index (χ0) is 7.58. The molecule has 0 nitrogen and oxygen atoms in total. The Kier molecular flexibility index (Phi) is 48.2. The van der Waals surface area contributed by atoms with Crippen LogP contribution in [-0.4, -0.2) is 8.48 Å². The summed E-state index contributed by atoms with van der Waals surface area (Å²) in [6.45, 7) is 0. The lowest BCUT2D eigenvalue weighted by Crippen LogP contribution is -1.49. The minimum absolute atomic E-state index is 0.271. The van der Waals surface area contributed by atoms with E-state index in [1.54, 1.807) is 0 Å². The minimum atomic E-state index is 0.271. The maximum absolute atomic E-state index is 3.10. The van der Waals surface area contributed by atoms with Gasteiger partial charge in [0.2, 0.25) is 0 Å². The van der Waals surface area contributed by atoms with Crippen LogP contribution in [0.1, 0.15) is 0 Å². The predicted molar refractivity (Wildman–Crippen MR) is 63.3 cm³/mol. The molecule has 0 unspecified atom stereocenters. The summed E-state index contributed by atoms with van der Waals surface area (Å²) in [7, 11) is 0. The molecular weight excluding hydrogens is 503 g/mol. The Balaban J connectivity index is -0.0000000542. The summed E-state index contributed by atoms with van der Waals surface area (Å²) in [5, 5.41) is 0. The smallest absolute Gasteiger partial charge is 0.0966 e. The number of halogens is 6. The molecule has 0 saturated heterocycles. The number of hydrogen-bond donors (Lipinski definition) is 0. The first kappa shape index (κ1) is 17.1. The third kappa shape index (κ3) is 66.5. The van der Waals surface area contributed by atoms with Crippen LogP contribution in [0, 0.1) is 0 Å². The molecule has 0 bridgehead atoms. The van der Waals surface area contributed by atoms with Crippen molar-refractivity contribution in [3.05, 3.63) is 0 Å². The molecule has 0 amide bonds. The molecule has 0 aromatic carbocycles. The second kappa shape index (κ2) is 22.5. The van der Waals surface area contributed by atoms with Crippen molar-refractivity contribution >= 4 is 92.0 Å². The zero-order valence-electron chi connectivity index (χ0n) is 3.85. The Hall–Kier alpha value is 2.88. The van der Waals surface area contributed by atoms with E-state index in [0.717, 1.165) is 0 Å². The van der Waals surface area contributed by atoms with Gasteiger partial charge < -0.3 is 0 Å². The van der Waals surface area contributed by atoms with Gasteiger partial charge in [-0.05, 0) is 5.83 Å². The monoisotopic (exact) mass is 502 g/mol. The molecule has 0 heterocycles. The highest BCUT2D eigenvalue weighted by Crippen LogP contribution is 2.13. The molecule has 0 saturated carbocycles. The third-order valence-electron chi connectivity index (χ3n) is 0. The van der Waals surface area contributed by atoms with Crippen LogP contribution in [0.25, 0.3) is 0 Å². The highest BCUT2D eigenvalue weighted by Gasteiger charge is 1.77. The molecule has 0 aliphatic carbocycles. The summed E-state index contributed by atoms with van der Waals surface area (Å²) in [6.07, 6.45) is 0. The summed E-state index contributed by atoms with van der Waals surface area (Å²) in [4.78, 5) is 0. The quantitative estimate of drug-likeness (QED) is 0.398. The molecule has 0 N–H and O–H groups in total. The van der Waals surface area contributed by atoms with Crippen molar-refractivity contribution in [2.45, 2.75) is 2.65 Å². The van der Waals surface area contributed by atoms with E-state index in [1.807, 2.05) is 5.83 Å². The molecule has 0 aromatic rings. The van der Waals surface area contributed by atoms with Gasteiger partial charge in [0.25, 0.3) is 0 Å². The van der Waals surface area contributed by atoms with E-state index in [2.05, 4.69) is 92.0 Å². The topological polar surface area (TPSA) is 0 Å². The molecule has 0 spiro atoms. The lowest BCUT2D eigenvalue weighted by atomic mass is 12.0. The van der Waals surface area contributed by atoms with Crippen LogP contribution in [0.2, 0.25) is 0 Å². The highest BCUT2D eigenvalue weighted by atomic mass is 80.9. The van der Waals surface area contributed by atoms with E-state index in [0.29, 0.717) is 0 Å². The van der Waals surface area contributed by atoms with Gasteiger partial charge in [-0.25, -0.2) is 0 Å². The SMILES string of the molecule is BrBr.BrC(Br)Br.CBr. The Morgan fingerprint density at radius 3 is 0.875 bits per heavy atom. The van der Waals surface area contributed by atoms with Crippen molar-refractivity contribution < 1.29 is 0 Å². The zero-order valence-corrected chi connectivity index (χ0v) is 13.4. The van der Waals surface area contributed by atoms with Crippen LogP contribution < -0.4 is 0 Å². The van der Waals surface area contributed by atoms with Crippen molar-refractivity contribution in [3.63, 3.8) is 0 Å². The normalized spacial score (nSPS) is 6.00. The minimum Gasteiger partial charge on any atom is -0.0966 e. The number of alkyl halides is 4. The molecule has 0 aromatic heterocycles. The van der Waals surface area contributed by atoms with Crippen LogP contribution >= 0.6 is 92.0 Å². The third-order valence-corrected chi connectivity index (χ3v) is 0. The van der Waals surface area contributed by atoms with Crippen molar-refractivity contribution in [2.24, 2.45) is 0 Å². The van der Waals surface area contributed by atoms with E-state index in [-0.39, 0.29) is 2.65 Å². The van der Waals surface area contributed by atoms with E-state index >= 15 is 0 Å². The summed E-state index contributed by atoms with van der Waals surface area (Å²) in [5.74, 6) is 1.81. The average molecular weight is 507 g/mol. The van der Waals surface area contributed by atoms with Gasteiger partial charge in [0, 0.05) is 28.3 Å². The van der Waals surface area contributed by atoms with Crippen LogP contribution in [0.15, 0.2) is 0 Å². The summed E-state index contributed by atoms with van der Waals surface area (Å²) >= 11 is 17.8. The van der Waals surface area contributed by atoms with Crippen molar-refractivity contribution in [2.75, 3.05) is 5.83 Å². The molecular formula is C2H4Br6. The Labute approximate surface area is 98.9 Å². The van der Waals surface area contributed by atoms with Gasteiger partial charge in [-0.1, -0.05) is 63.7 Å². The van der Waals surface area contributed by atoms with Crippen molar-refractivity contribution in [3.8, 4) is 0 Å². The van der Waals surface area contributed by atoms with Crippen molar-refractivity contribution in [1.29, 1.82) is 0 Å². The molecule has 0 aliphatic heterocycles. The lowest BCUT2D eigenvalue weighted by Gasteiger charge is -1.70. The summed E-state index contributed by atoms with van der Waals surface area (Å²) < 4.78 is 0.271. The fourth-order valence-electron chi connectivity index (χ4n) is 0. The molecule has 0 atom stereocenters. The lowest BCUT2D eigenvalue weighted by molar-refractivity contribution is 2.28. The van der Waals surface area contributed by atoms with Gasteiger partial charge in [0.15, 0.2) is 0 Å². The van der Waals surface area contributed by atoms with Crippen molar-refractivity contribution in [1.82, 2.24) is 0 Å². The Bertz CT molecular complexity index is 11.2. The van der Waals surface area contributed by atoms with Crippen LogP contribution in [0.5, 0.6) is 0 Å². The van der Waals surface area contributed by atoms with E-state index < -0.39 is 0 Å². The molecule has 54 valence electrons. The van der Waals surface area contributed by atoms with Gasteiger partial charge >= 0.3 is 0 Å². The maximum atomic E-state index is 3.10. The fraction of sp³-hybridized carbons (Fsp3) is 1.00. The molecule has 0 radical (unpaired) electrons. The van der Waals surface area contributed by atoms with Gasteiger partial charge in [-0.2, -0.15) is 0 Å². The summed E-state index contributed by atoms with van der Waals surface area (Å²) in [6, 6.07) is 0. The van der Waals surface area contributed by atoms with Crippen LogP contribution in [-0.2, 0) is 0 Å². The second-order valence-electron chi connectivity index (χ2n) is 0.247. The number of rotatable bonds is 0. The average Bonchev–Trinajstić information content (AvgIpc) is 1.75. The first-order valence-electron chi connectivity index (χ1n) is 1.18. The first-order chi connectivity index (χ1) is 3.73. The van der Waals surface area contributed by atoms with Gasteiger partial charge in [-0.3, -0.25) is 0 Å². The predicted octanol–water partition coefficient (Wildman–Crippen LogP) is 5.16. The molecule has 6 heteroatoms. The van der Waals surface area contributed by atoms with Gasteiger partial charge in [0.05, 0.1) is 0 Å². The Morgan fingerprint density at radius 2 is 0.875 bits per heavy atom. The molecule has 8 heavy (non-hydrogen) atoms. The molecule has 0 fully saturated rings. The van der Waals surface area contributed by atoms with E-state index in [9.17, 15) is 0 Å². The van der Waals surface area contributed by atoms with Crippen LogP contribution in [0.3, 0.4) is 0 Å². The second-order valence-corrected chi connectivity index (χ2v) is 6.68. The first-order valence-corrected chi connectivity index (χ1v) is 9.22. The van der Waals surface area contributed by atoms with Gasteiger partial charge in [-0.15, -0.1) is 0 Å². The largest absolute Gasteiger partial charge is 0.124 e. The fourth-order valence-corrected chi connectivity index (χ4v) is 0. The summed E-state index contributed by atoms with van der Waals surface area (Å²) in [5.41, 5.74) is 0. The van der Waals surface area contributed by atoms with E-state index in [1.165, 1.54) is 0 Å². The molecule has 0 aliphatic rings. The molecule has 0 rings (SSSR count). The van der Waals surface area contributed by atoms with Gasteiger partial charge in [0.1, 0.15) is 2.65 Å².